The highest BCUT2D eigenvalue weighted by Gasteiger charge is 2.34. The van der Waals surface area contributed by atoms with E-state index in [9.17, 15) is 13.2 Å². The molecule has 2 rings (SSSR count). The zero-order chi connectivity index (χ0) is 13.9. The van der Waals surface area contributed by atoms with Crippen molar-refractivity contribution in [2.24, 2.45) is 0 Å². The van der Waals surface area contributed by atoms with Crippen molar-refractivity contribution >= 4 is 0 Å². The number of rotatable bonds is 4. The van der Waals surface area contributed by atoms with Crippen LogP contribution < -0.4 is 5.32 Å². The number of aromatic nitrogens is 1. The maximum atomic E-state index is 13.0. The van der Waals surface area contributed by atoms with Gasteiger partial charge >= 0.3 is 6.18 Å². The summed E-state index contributed by atoms with van der Waals surface area (Å²) in [6, 6.07) is 5.43. The van der Waals surface area contributed by atoms with Crippen LogP contribution in [0.2, 0.25) is 0 Å². The molecule has 0 bridgehead atoms. The van der Waals surface area contributed by atoms with E-state index in [0.29, 0.717) is 24.3 Å². The molecule has 0 unspecified atom stereocenters. The van der Waals surface area contributed by atoms with Crippen LogP contribution in [-0.4, -0.2) is 18.7 Å². The van der Waals surface area contributed by atoms with Gasteiger partial charge in [0.15, 0.2) is 0 Å². The van der Waals surface area contributed by atoms with Crippen LogP contribution in [0.3, 0.4) is 0 Å². The van der Waals surface area contributed by atoms with Gasteiger partial charge in [0.2, 0.25) is 0 Å². The topological polar surface area (TPSA) is 38.1 Å². The highest BCUT2D eigenvalue weighted by molar-refractivity contribution is 5.69. The maximum absolute atomic E-state index is 13.0. The van der Waals surface area contributed by atoms with Crippen molar-refractivity contribution in [1.29, 1.82) is 0 Å². The molecule has 0 spiro atoms. The van der Waals surface area contributed by atoms with Crippen molar-refractivity contribution in [3.8, 4) is 11.1 Å². The molecule has 6 heteroatoms. The highest BCUT2D eigenvalue weighted by atomic mass is 19.4. The number of alkyl halides is 3. The molecule has 0 aliphatic rings. The summed E-state index contributed by atoms with van der Waals surface area (Å²) in [5, 5.41) is 6.52. The van der Waals surface area contributed by atoms with E-state index in [2.05, 4.69) is 10.5 Å². The van der Waals surface area contributed by atoms with Crippen LogP contribution in [0.5, 0.6) is 0 Å². The minimum Gasteiger partial charge on any atom is -0.361 e. The predicted octanol–water partition coefficient (Wildman–Crippen LogP) is 3.12. The molecule has 0 aliphatic carbocycles. The molecule has 0 radical (unpaired) electrons. The molecule has 1 aromatic heterocycles. The summed E-state index contributed by atoms with van der Waals surface area (Å²) in [6.07, 6.45) is -2.58. The average molecular weight is 270 g/mol. The Kier molecular flexibility index (Phi) is 3.90. The van der Waals surface area contributed by atoms with E-state index in [0.717, 1.165) is 6.07 Å². The Morgan fingerprint density at radius 3 is 2.63 bits per heavy atom. The number of halogens is 3. The number of hydrogen-bond acceptors (Lipinski definition) is 3. The first-order chi connectivity index (χ1) is 9.04. The Balaban J connectivity index is 2.45. The van der Waals surface area contributed by atoms with E-state index in [1.54, 1.807) is 13.1 Å². The molecule has 1 heterocycles. The summed E-state index contributed by atoms with van der Waals surface area (Å²) in [6.45, 7) is 0.608. The van der Waals surface area contributed by atoms with Gasteiger partial charge < -0.3 is 9.84 Å². The predicted molar refractivity (Wildman–Crippen MR) is 64.6 cm³/mol. The third-order valence-electron chi connectivity index (χ3n) is 2.77. The summed E-state index contributed by atoms with van der Waals surface area (Å²) in [5.41, 5.74) is -0.186. The van der Waals surface area contributed by atoms with Crippen molar-refractivity contribution in [3.63, 3.8) is 0 Å². The van der Waals surface area contributed by atoms with Gasteiger partial charge in [-0.1, -0.05) is 23.4 Å². The molecular formula is C13H13F3N2O. The van der Waals surface area contributed by atoms with E-state index in [-0.39, 0.29) is 5.56 Å². The minimum atomic E-state index is -4.39. The summed E-state index contributed by atoms with van der Waals surface area (Å²) >= 11 is 0. The largest absolute Gasteiger partial charge is 0.417 e. The summed E-state index contributed by atoms with van der Waals surface area (Å²) in [4.78, 5) is 0. The van der Waals surface area contributed by atoms with Gasteiger partial charge in [0.05, 0.1) is 11.8 Å². The summed E-state index contributed by atoms with van der Waals surface area (Å²) in [7, 11) is 1.76. The van der Waals surface area contributed by atoms with E-state index < -0.39 is 11.7 Å². The van der Waals surface area contributed by atoms with Gasteiger partial charge in [-0.3, -0.25) is 0 Å². The molecule has 0 aliphatic heterocycles. The van der Waals surface area contributed by atoms with Gasteiger partial charge in [-0.05, 0) is 18.7 Å². The van der Waals surface area contributed by atoms with Crippen molar-refractivity contribution in [2.75, 3.05) is 13.6 Å². The lowest BCUT2D eigenvalue weighted by Gasteiger charge is -2.12. The molecule has 0 saturated heterocycles. The third kappa shape index (κ3) is 2.96. The Bertz CT molecular complexity index is 549. The number of benzene rings is 1. The zero-order valence-corrected chi connectivity index (χ0v) is 10.3. The molecular weight excluding hydrogens is 257 g/mol. The maximum Gasteiger partial charge on any atom is 0.417 e. The van der Waals surface area contributed by atoms with Gasteiger partial charge in [0.1, 0.15) is 5.76 Å². The molecule has 0 saturated carbocycles. The van der Waals surface area contributed by atoms with Crippen LogP contribution in [0.25, 0.3) is 11.1 Å². The average Bonchev–Trinajstić information content (AvgIpc) is 2.83. The van der Waals surface area contributed by atoms with Crippen LogP contribution in [0.4, 0.5) is 13.2 Å². The Morgan fingerprint density at radius 1 is 1.21 bits per heavy atom. The lowest BCUT2D eigenvalue weighted by molar-refractivity contribution is -0.137. The van der Waals surface area contributed by atoms with Crippen molar-refractivity contribution in [3.05, 3.63) is 41.8 Å². The molecule has 3 nitrogen and oxygen atoms in total. The second-order valence-corrected chi connectivity index (χ2v) is 4.06. The molecule has 2 aromatic rings. The number of hydrogen-bond donors (Lipinski definition) is 1. The van der Waals surface area contributed by atoms with Gasteiger partial charge in [-0.15, -0.1) is 0 Å². The smallest absolute Gasteiger partial charge is 0.361 e. The molecule has 0 fully saturated rings. The van der Waals surface area contributed by atoms with Crippen LogP contribution in [0.15, 0.2) is 35.0 Å². The van der Waals surface area contributed by atoms with Gasteiger partial charge in [-0.2, -0.15) is 13.2 Å². The Morgan fingerprint density at radius 2 is 1.95 bits per heavy atom. The molecule has 102 valence electrons. The lowest BCUT2D eigenvalue weighted by atomic mass is 9.99. The normalized spacial score (nSPS) is 11.8. The van der Waals surface area contributed by atoms with Crippen LogP contribution in [0, 0.1) is 0 Å². The van der Waals surface area contributed by atoms with Crippen molar-refractivity contribution < 1.29 is 17.7 Å². The van der Waals surface area contributed by atoms with Crippen molar-refractivity contribution in [1.82, 2.24) is 10.5 Å². The monoisotopic (exact) mass is 270 g/mol. The minimum absolute atomic E-state index is 0.0994. The number of nitrogens with one attached hydrogen (secondary N) is 1. The third-order valence-corrected chi connectivity index (χ3v) is 2.77. The first kappa shape index (κ1) is 13.6. The number of likely N-dealkylation sites (N-methyl/N-ethyl adjacent to an activating group) is 1. The fourth-order valence-corrected chi connectivity index (χ4v) is 1.87. The number of nitrogens with zero attached hydrogens (tertiary/aromatic N) is 1. The van der Waals surface area contributed by atoms with E-state index >= 15 is 0 Å². The SMILES string of the molecule is CNCCc1oncc1-c1ccccc1C(F)(F)F. The van der Waals surface area contributed by atoms with E-state index in [1.165, 1.54) is 18.3 Å². The summed E-state index contributed by atoms with van der Waals surface area (Å²) < 4.78 is 43.9. The lowest BCUT2D eigenvalue weighted by Crippen LogP contribution is -2.11. The molecule has 1 N–H and O–H groups in total. The van der Waals surface area contributed by atoms with Gasteiger partial charge in [-0.25, -0.2) is 0 Å². The van der Waals surface area contributed by atoms with E-state index in [1.807, 2.05) is 0 Å². The molecule has 19 heavy (non-hydrogen) atoms. The van der Waals surface area contributed by atoms with Crippen molar-refractivity contribution in [2.45, 2.75) is 12.6 Å². The summed E-state index contributed by atoms with van der Waals surface area (Å²) in [5.74, 6) is 0.450. The fourth-order valence-electron chi connectivity index (χ4n) is 1.87. The quantitative estimate of drug-likeness (QED) is 0.927. The molecule has 0 amide bonds. The first-order valence-electron chi connectivity index (χ1n) is 5.78. The van der Waals surface area contributed by atoms with Gasteiger partial charge in [0.25, 0.3) is 0 Å². The second-order valence-electron chi connectivity index (χ2n) is 4.06. The fraction of sp³-hybridized carbons (Fsp3) is 0.308. The standard InChI is InChI=1S/C13H13F3N2O/c1-17-7-6-12-10(8-18-19-12)9-4-2-3-5-11(9)13(14,15)16/h2-5,8,17H,6-7H2,1H3. The van der Waals surface area contributed by atoms with Crippen LogP contribution in [0.1, 0.15) is 11.3 Å². The Labute approximate surface area is 108 Å². The highest BCUT2D eigenvalue weighted by Crippen LogP contribution is 2.38. The second kappa shape index (κ2) is 5.44. The first-order valence-corrected chi connectivity index (χ1v) is 5.78. The van der Waals surface area contributed by atoms with E-state index in [4.69, 9.17) is 4.52 Å². The molecule has 0 atom stereocenters. The van der Waals surface area contributed by atoms with Gasteiger partial charge in [0, 0.05) is 18.5 Å². The zero-order valence-electron chi connectivity index (χ0n) is 10.3. The Hall–Kier alpha value is -1.82. The van der Waals surface area contributed by atoms with Crippen LogP contribution >= 0.6 is 0 Å². The van der Waals surface area contributed by atoms with Crippen LogP contribution in [-0.2, 0) is 12.6 Å². The molecule has 1 aromatic carbocycles.